The lowest BCUT2D eigenvalue weighted by molar-refractivity contribution is -0.124. The predicted octanol–water partition coefficient (Wildman–Crippen LogP) is 2.83. The molecule has 2 amide bonds. The van der Waals surface area contributed by atoms with E-state index in [9.17, 15) is 9.59 Å². The van der Waals surface area contributed by atoms with Crippen LogP contribution in [0.15, 0.2) is 29.2 Å². The Kier molecular flexibility index (Phi) is 6.20. The van der Waals surface area contributed by atoms with Crippen LogP contribution in [0.5, 0.6) is 0 Å². The van der Waals surface area contributed by atoms with E-state index in [4.69, 9.17) is 0 Å². The number of amides is 2. The molecule has 0 aliphatic carbocycles. The number of carbonyl (C=O) groups is 2. The molecule has 140 valence electrons. The van der Waals surface area contributed by atoms with Gasteiger partial charge in [0.2, 0.25) is 22.1 Å². The summed E-state index contributed by atoms with van der Waals surface area (Å²) in [5.41, 5.74) is 6.31. The molecule has 0 saturated carbocycles. The highest BCUT2D eigenvalue weighted by Gasteiger charge is 2.24. The first-order chi connectivity index (χ1) is 13.0. The maximum Gasteiger partial charge on any atom is 0.230 e. The fourth-order valence-electron chi connectivity index (χ4n) is 2.79. The van der Waals surface area contributed by atoms with Gasteiger partial charge < -0.3 is 10.6 Å². The lowest BCUT2D eigenvalue weighted by Gasteiger charge is -2.16. The van der Waals surface area contributed by atoms with Gasteiger partial charge in [-0.3, -0.25) is 9.59 Å². The Morgan fingerprint density at radius 1 is 0.963 bits per heavy atom. The van der Waals surface area contributed by atoms with Gasteiger partial charge in [0.25, 0.3) is 0 Å². The summed E-state index contributed by atoms with van der Waals surface area (Å²) >= 11 is 2.46. The Labute approximate surface area is 164 Å². The van der Waals surface area contributed by atoms with Crippen molar-refractivity contribution < 1.29 is 9.59 Å². The average Bonchev–Trinajstić information content (AvgIpc) is 3.27. The van der Waals surface area contributed by atoms with Gasteiger partial charge in [-0.15, -0.1) is 20.4 Å². The molecule has 0 unspecified atom stereocenters. The summed E-state index contributed by atoms with van der Waals surface area (Å²) < 4.78 is 0. The van der Waals surface area contributed by atoms with Crippen LogP contribution in [0, 0.1) is 19.8 Å². The number of benzene rings is 1. The molecule has 3 rings (SSSR count). The van der Waals surface area contributed by atoms with Crippen LogP contribution < -0.4 is 10.6 Å². The Morgan fingerprint density at radius 2 is 1.56 bits per heavy atom. The Balaban J connectivity index is 1.74. The number of hydrogen-bond acceptors (Lipinski definition) is 8. The molecule has 10 heteroatoms. The van der Waals surface area contributed by atoms with E-state index >= 15 is 0 Å². The summed E-state index contributed by atoms with van der Waals surface area (Å²) in [4.78, 5) is 25.1. The number of aryl methyl sites for hydroxylation is 2. The van der Waals surface area contributed by atoms with E-state index in [2.05, 4.69) is 37.1 Å². The summed E-state index contributed by atoms with van der Waals surface area (Å²) in [6.45, 7) is 4.02. The number of anilines is 2. The molecule has 1 atom stereocenters. The van der Waals surface area contributed by atoms with E-state index in [-0.39, 0.29) is 18.2 Å². The number of nitrogens with one attached hydrogen (secondary N) is 2. The van der Waals surface area contributed by atoms with Crippen LogP contribution in [0.1, 0.15) is 23.1 Å². The molecule has 2 aromatic heterocycles. The van der Waals surface area contributed by atoms with Crippen molar-refractivity contribution in [2.45, 2.75) is 26.7 Å². The minimum absolute atomic E-state index is 0.0250. The molecule has 3 aromatic rings. The maximum atomic E-state index is 12.7. The van der Waals surface area contributed by atoms with Crippen molar-refractivity contribution in [2.24, 2.45) is 5.92 Å². The molecule has 0 aliphatic heterocycles. The van der Waals surface area contributed by atoms with E-state index in [1.807, 2.05) is 26.0 Å². The monoisotopic (exact) mass is 402 g/mol. The highest BCUT2D eigenvalue weighted by atomic mass is 32.1. The van der Waals surface area contributed by atoms with Gasteiger partial charge in [0.05, 0.1) is 5.92 Å². The van der Waals surface area contributed by atoms with Crippen molar-refractivity contribution in [1.29, 1.82) is 0 Å². The largest absolute Gasteiger partial charge is 0.301 e. The van der Waals surface area contributed by atoms with Gasteiger partial charge in [-0.05, 0) is 25.8 Å². The first-order valence-electron chi connectivity index (χ1n) is 8.20. The molecule has 0 saturated heterocycles. The second kappa shape index (κ2) is 8.78. The zero-order chi connectivity index (χ0) is 19.2. The maximum absolute atomic E-state index is 12.7. The number of rotatable bonds is 7. The van der Waals surface area contributed by atoms with E-state index in [1.165, 1.54) is 33.7 Å². The molecule has 0 fully saturated rings. The predicted molar refractivity (Wildman–Crippen MR) is 105 cm³/mol. The molecule has 0 aliphatic rings. The van der Waals surface area contributed by atoms with Gasteiger partial charge in [0.1, 0.15) is 11.0 Å². The van der Waals surface area contributed by atoms with Gasteiger partial charge in [-0.25, -0.2) is 0 Å². The molecule has 2 heterocycles. The second-order valence-corrected chi connectivity index (χ2v) is 7.79. The van der Waals surface area contributed by atoms with Crippen LogP contribution in [-0.4, -0.2) is 32.2 Å². The normalized spacial score (nSPS) is 11.8. The zero-order valence-electron chi connectivity index (χ0n) is 14.8. The molecule has 2 N–H and O–H groups in total. The molecule has 0 spiro atoms. The third-order valence-electron chi connectivity index (χ3n) is 3.76. The molecular formula is C17H18N6O2S2. The van der Waals surface area contributed by atoms with Crippen molar-refractivity contribution in [3.05, 3.63) is 45.9 Å². The quantitative estimate of drug-likeness (QED) is 0.629. The highest BCUT2D eigenvalue weighted by molar-refractivity contribution is 7.13. The molecule has 1 aromatic carbocycles. The van der Waals surface area contributed by atoms with E-state index < -0.39 is 5.92 Å². The van der Waals surface area contributed by atoms with Crippen molar-refractivity contribution in [2.75, 3.05) is 10.6 Å². The minimum atomic E-state index is -0.553. The fourth-order valence-corrected chi connectivity index (χ4v) is 3.69. The van der Waals surface area contributed by atoms with Gasteiger partial charge in [0.15, 0.2) is 0 Å². The van der Waals surface area contributed by atoms with Gasteiger partial charge >= 0.3 is 0 Å². The Morgan fingerprint density at radius 3 is 2.11 bits per heavy atom. The van der Waals surface area contributed by atoms with Crippen molar-refractivity contribution in [3.8, 4) is 0 Å². The topological polar surface area (TPSA) is 110 Å². The first kappa shape index (κ1) is 19.1. The third kappa shape index (κ3) is 5.63. The molecule has 0 radical (unpaired) electrons. The first-order valence-corrected chi connectivity index (χ1v) is 9.96. The average molecular weight is 403 g/mol. The van der Waals surface area contributed by atoms with Crippen LogP contribution in [0.4, 0.5) is 10.3 Å². The van der Waals surface area contributed by atoms with Crippen molar-refractivity contribution >= 4 is 44.8 Å². The summed E-state index contributed by atoms with van der Waals surface area (Å²) in [5, 5.41) is 21.3. The second-order valence-electron chi connectivity index (χ2n) is 6.13. The zero-order valence-corrected chi connectivity index (χ0v) is 16.4. The van der Waals surface area contributed by atoms with Crippen LogP contribution in [0.3, 0.4) is 0 Å². The Bertz CT molecular complexity index is 891. The van der Waals surface area contributed by atoms with Gasteiger partial charge in [-0.2, -0.15) is 0 Å². The van der Waals surface area contributed by atoms with E-state index in [0.717, 1.165) is 16.7 Å². The molecular weight excluding hydrogens is 384 g/mol. The third-order valence-corrected chi connectivity index (χ3v) is 4.98. The number of carbonyl (C=O) groups excluding carboxylic acids is 2. The molecule has 0 bridgehead atoms. The van der Waals surface area contributed by atoms with Gasteiger partial charge in [-0.1, -0.05) is 52.0 Å². The van der Waals surface area contributed by atoms with Crippen LogP contribution in [0.25, 0.3) is 0 Å². The summed E-state index contributed by atoms with van der Waals surface area (Å²) in [5.74, 6) is -1.10. The lowest BCUT2D eigenvalue weighted by atomic mass is 9.93. The molecule has 8 nitrogen and oxygen atoms in total. The number of aromatic nitrogens is 4. The van der Waals surface area contributed by atoms with Crippen LogP contribution in [-0.2, 0) is 16.0 Å². The molecule has 27 heavy (non-hydrogen) atoms. The van der Waals surface area contributed by atoms with Gasteiger partial charge in [0, 0.05) is 6.42 Å². The standard InChI is InChI=1S/C17H18N6O2S2/c1-10-3-11(2)5-12(4-10)6-13(15(25)21-17-23-19-9-27-17)7-14(24)20-16-22-18-8-26-16/h3-5,8-9,13H,6-7H2,1-2H3,(H,20,22,24)(H,21,23,25)/t13-/m1/s1. The smallest absolute Gasteiger partial charge is 0.230 e. The Hall–Kier alpha value is -2.72. The SMILES string of the molecule is Cc1cc(C)cc(C[C@H](CC(=O)Nc2nncs2)C(=O)Nc2nncs2)c1. The van der Waals surface area contributed by atoms with E-state index in [1.54, 1.807) is 0 Å². The summed E-state index contributed by atoms with van der Waals surface area (Å²) in [6.07, 6.45) is 0.466. The van der Waals surface area contributed by atoms with Crippen molar-refractivity contribution in [1.82, 2.24) is 20.4 Å². The van der Waals surface area contributed by atoms with Crippen LogP contribution >= 0.6 is 22.7 Å². The number of hydrogen-bond donors (Lipinski definition) is 2. The summed E-state index contributed by atoms with van der Waals surface area (Å²) in [7, 11) is 0. The van der Waals surface area contributed by atoms with Crippen LogP contribution in [0.2, 0.25) is 0 Å². The highest BCUT2D eigenvalue weighted by Crippen LogP contribution is 2.20. The fraction of sp³-hybridized carbons (Fsp3) is 0.294. The summed E-state index contributed by atoms with van der Waals surface area (Å²) in [6, 6.07) is 6.13. The lowest BCUT2D eigenvalue weighted by Crippen LogP contribution is -2.29. The minimum Gasteiger partial charge on any atom is -0.301 e. The van der Waals surface area contributed by atoms with E-state index in [0.29, 0.717) is 16.7 Å². The number of nitrogens with zero attached hydrogens (tertiary/aromatic N) is 4. The van der Waals surface area contributed by atoms with Crippen molar-refractivity contribution in [3.63, 3.8) is 0 Å².